The Labute approximate surface area is 156 Å². The highest BCUT2D eigenvalue weighted by molar-refractivity contribution is 7.10. The molecule has 3 aromatic rings. The Hall–Kier alpha value is -2.60. The molecule has 1 aromatic carbocycles. The van der Waals surface area contributed by atoms with E-state index in [1.807, 2.05) is 42.6 Å². The molecule has 3 heterocycles. The summed E-state index contributed by atoms with van der Waals surface area (Å²) in [6.07, 6.45) is 1.86. The maximum Gasteiger partial charge on any atom is 0.338 e. The Morgan fingerprint density at radius 2 is 2.15 bits per heavy atom. The topological polar surface area (TPSA) is 56.1 Å². The molecule has 0 amide bonds. The first-order valence-electron chi connectivity index (χ1n) is 8.86. The fourth-order valence-electron chi connectivity index (χ4n) is 3.33. The van der Waals surface area contributed by atoms with Crippen LogP contribution in [0.2, 0.25) is 0 Å². The predicted molar refractivity (Wildman–Crippen MR) is 104 cm³/mol. The molecule has 4 rings (SSSR count). The lowest BCUT2D eigenvalue weighted by molar-refractivity contribution is -0.139. The van der Waals surface area contributed by atoms with Crippen molar-refractivity contribution in [3.8, 4) is 0 Å². The third kappa shape index (κ3) is 2.80. The normalized spacial score (nSPS) is 16.5. The van der Waals surface area contributed by atoms with Gasteiger partial charge in [-0.1, -0.05) is 31.5 Å². The maximum absolute atomic E-state index is 12.9. The summed E-state index contributed by atoms with van der Waals surface area (Å²) in [5.41, 5.74) is 3.36. The summed E-state index contributed by atoms with van der Waals surface area (Å²) in [7, 11) is 0. The molecule has 26 heavy (non-hydrogen) atoms. The van der Waals surface area contributed by atoms with Gasteiger partial charge in [0.15, 0.2) is 0 Å². The van der Waals surface area contributed by atoms with Crippen molar-refractivity contribution >= 4 is 34.3 Å². The van der Waals surface area contributed by atoms with Crippen LogP contribution < -0.4 is 5.32 Å². The van der Waals surface area contributed by atoms with E-state index >= 15 is 0 Å². The molecule has 0 saturated heterocycles. The molecule has 0 radical (unpaired) electrons. The van der Waals surface area contributed by atoms with E-state index in [0.717, 1.165) is 40.4 Å². The van der Waals surface area contributed by atoms with E-state index in [1.165, 1.54) is 0 Å². The molecular formula is C20H21N3O2S. The van der Waals surface area contributed by atoms with Crippen molar-refractivity contribution in [3.05, 3.63) is 57.9 Å². The molecule has 0 aliphatic carbocycles. The van der Waals surface area contributed by atoms with Crippen molar-refractivity contribution in [1.82, 2.24) is 9.55 Å². The van der Waals surface area contributed by atoms with Gasteiger partial charge in [0.1, 0.15) is 6.04 Å². The lowest BCUT2D eigenvalue weighted by Crippen LogP contribution is -2.28. The fraction of sp³-hybridized carbons (Fsp3) is 0.300. The van der Waals surface area contributed by atoms with Gasteiger partial charge in [0.05, 0.1) is 23.2 Å². The fourth-order valence-corrected chi connectivity index (χ4v) is 4.15. The number of allylic oxidation sites excluding steroid dienone is 1. The number of hydrogen-bond donors (Lipinski definition) is 1. The van der Waals surface area contributed by atoms with E-state index in [9.17, 15) is 4.79 Å². The monoisotopic (exact) mass is 367 g/mol. The standard InChI is InChI=1S/C20H21N3O2S/c1-3-4-11-25-19(24)17-13(2)21-20-22-14-8-5-6-9-15(14)23(20)18(17)16-10-7-12-26-16/h5-10,12,18H,3-4,11H2,1-2H3,(H,21,22)/t18-/m1/s1. The van der Waals surface area contributed by atoms with Gasteiger partial charge >= 0.3 is 5.97 Å². The quantitative estimate of drug-likeness (QED) is 0.523. The molecule has 0 bridgehead atoms. The van der Waals surface area contributed by atoms with Crippen molar-refractivity contribution in [3.63, 3.8) is 0 Å². The van der Waals surface area contributed by atoms with Crippen LogP contribution in [-0.4, -0.2) is 22.1 Å². The lowest BCUT2D eigenvalue weighted by atomic mass is 10.0. The van der Waals surface area contributed by atoms with E-state index in [4.69, 9.17) is 9.72 Å². The third-order valence-electron chi connectivity index (χ3n) is 4.59. The van der Waals surface area contributed by atoms with Gasteiger partial charge in [-0.2, -0.15) is 0 Å². The molecule has 134 valence electrons. The van der Waals surface area contributed by atoms with Gasteiger partial charge in [-0.15, -0.1) is 11.3 Å². The minimum Gasteiger partial charge on any atom is -0.462 e. The van der Waals surface area contributed by atoms with Gasteiger partial charge in [0.25, 0.3) is 0 Å². The van der Waals surface area contributed by atoms with Crippen LogP contribution in [0.15, 0.2) is 53.0 Å². The number of rotatable bonds is 5. The number of nitrogens with one attached hydrogen (secondary N) is 1. The van der Waals surface area contributed by atoms with Gasteiger partial charge in [-0.25, -0.2) is 9.78 Å². The molecule has 1 aliphatic rings. The van der Waals surface area contributed by atoms with Crippen LogP contribution in [0.3, 0.4) is 0 Å². The number of nitrogens with zero attached hydrogens (tertiary/aromatic N) is 2. The molecule has 5 nitrogen and oxygen atoms in total. The van der Waals surface area contributed by atoms with Crippen molar-refractivity contribution in [2.24, 2.45) is 0 Å². The van der Waals surface area contributed by atoms with Gasteiger partial charge in [0.2, 0.25) is 5.95 Å². The van der Waals surface area contributed by atoms with E-state index in [2.05, 4.69) is 22.9 Å². The average Bonchev–Trinajstić information content (AvgIpc) is 3.28. The minimum absolute atomic E-state index is 0.229. The highest BCUT2D eigenvalue weighted by Crippen LogP contribution is 2.40. The highest BCUT2D eigenvalue weighted by atomic mass is 32.1. The van der Waals surface area contributed by atoms with Crippen molar-refractivity contribution < 1.29 is 9.53 Å². The number of hydrogen-bond acceptors (Lipinski definition) is 5. The summed E-state index contributed by atoms with van der Waals surface area (Å²) < 4.78 is 7.66. The second-order valence-electron chi connectivity index (χ2n) is 6.37. The molecule has 6 heteroatoms. The first-order chi connectivity index (χ1) is 12.7. The SMILES string of the molecule is CCCCOC(=O)C1=C(C)Nc2nc3ccccc3n2[C@@H]1c1cccs1. The first-order valence-corrected chi connectivity index (χ1v) is 9.74. The molecule has 0 unspecified atom stereocenters. The number of thiophene rings is 1. The summed E-state index contributed by atoms with van der Waals surface area (Å²) in [4.78, 5) is 18.7. The second kappa shape index (κ2) is 6.96. The van der Waals surface area contributed by atoms with E-state index in [-0.39, 0.29) is 12.0 Å². The number of ether oxygens (including phenoxy) is 1. The number of para-hydroxylation sites is 2. The van der Waals surface area contributed by atoms with E-state index in [1.54, 1.807) is 11.3 Å². The molecule has 1 aliphatic heterocycles. The maximum atomic E-state index is 12.9. The number of unbranched alkanes of at least 4 members (excludes halogenated alkanes) is 1. The number of imidazole rings is 1. The third-order valence-corrected chi connectivity index (χ3v) is 5.52. The highest BCUT2D eigenvalue weighted by Gasteiger charge is 2.35. The number of aromatic nitrogens is 2. The van der Waals surface area contributed by atoms with Crippen LogP contribution in [0.4, 0.5) is 5.95 Å². The molecule has 1 atom stereocenters. The lowest BCUT2D eigenvalue weighted by Gasteiger charge is -2.29. The van der Waals surface area contributed by atoms with Crippen LogP contribution in [0, 0.1) is 0 Å². The summed E-state index contributed by atoms with van der Waals surface area (Å²) >= 11 is 1.64. The molecule has 2 aromatic heterocycles. The van der Waals surface area contributed by atoms with Crippen LogP contribution in [0.1, 0.15) is 37.6 Å². The van der Waals surface area contributed by atoms with Crippen LogP contribution >= 0.6 is 11.3 Å². The van der Waals surface area contributed by atoms with E-state index in [0.29, 0.717) is 12.2 Å². The van der Waals surface area contributed by atoms with Crippen molar-refractivity contribution in [2.45, 2.75) is 32.7 Å². The summed E-state index contributed by atoms with van der Waals surface area (Å²) in [5.74, 6) is 0.498. The molecule has 0 saturated carbocycles. The van der Waals surface area contributed by atoms with Crippen LogP contribution in [0.25, 0.3) is 11.0 Å². The number of carbonyl (C=O) groups excluding carboxylic acids is 1. The molecule has 1 N–H and O–H groups in total. The Bertz CT molecular complexity index is 972. The van der Waals surface area contributed by atoms with Crippen LogP contribution in [-0.2, 0) is 9.53 Å². The zero-order chi connectivity index (χ0) is 18.1. The summed E-state index contributed by atoms with van der Waals surface area (Å²) in [6.45, 7) is 4.44. The average molecular weight is 367 g/mol. The smallest absolute Gasteiger partial charge is 0.338 e. The van der Waals surface area contributed by atoms with Gasteiger partial charge < -0.3 is 10.1 Å². The zero-order valence-electron chi connectivity index (χ0n) is 14.9. The Morgan fingerprint density at radius 3 is 2.92 bits per heavy atom. The zero-order valence-corrected chi connectivity index (χ0v) is 15.7. The molecular weight excluding hydrogens is 346 g/mol. The van der Waals surface area contributed by atoms with Gasteiger partial charge in [-0.05, 0) is 36.9 Å². The number of esters is 1. The van der Waals surface area contributed by atoms with Crippen LogP contribution in [0.5, 0.6) is 0 Å². The number of anilines is 1. The molecule has 0 spiro atoms. The Kier molecular flexibility index (Phi) is 4.51. The molecule has 0 fully saturated rings. The Balaban J connectivity index is 1.84. The van der Waals surface area contributed by atoms with Crippen molar-refractivity contribution in [1.29, 1.82) is 0 Å². The first kappa shape index (κ1) is 16.8. The Morgan fingerprint density at radius 1 is 1.31 bits per heavy atom. The number of carbonyl (C=O) groups is 1. The van der Waals surface area contributed by atoms with Gasteiger partial charge in [-0.3, -0.25) is 4.57 Å². The predicted octanol–water partition coefficient (Wildman–Crippen LogP) is 4.73. The largest absolute Gasteiger partial charge is 0.462 e. The number of fused-ring (bicyclic) bond motifs is 3. The van der Waals surface area contributed by atoms with Crippen molar-refractivity contribution in [2.75, 3.05) is 11.9 Å². The second-order valence-corrected chi connectivity index (χ2v) is 7.34. The van der Waals surface area contributed by atoms with Gasteiger partial charge in [0, 0.05) is 10.6 Å². The summed E-state index contributed by atoms with van der Waals surface area (Å²) in [5, 5.41) is 5.33. The number of benzene rings is 1. The van der Waals surface area contributed by atoms with E-state index < -0.39 is 0 Å². The minimum atomic E-state index is -0.259. The summed E-state index contributed by atoms with van der Waals surface area (Å²) in [6, 6.07) is 11.8.